The van der Waals surface area contributed by atoms with Gasteiger partial charge in [-0.05, 0) is 26.0 Å². The van der Waals surface area contributed by atoms with Gasteiger partial charge in [0.25, 0.3) is 5.91 Å². The molecule has 1 unspecified atom stereocenters. The van der Waals surface area contributed by atoms with E-state index in [1.165, 1.54) is 0 Å². The highest BCUT2D eigenvalue weighted by Crippen LogP contribution is 2.39. The molecular weight excluding hydrogens is 222 g/mol. The van der Waals surface area contributed by atoms with Crippen LogP contribution in [-0.4, -0.2) is 24.9 Å². The molecule has 0 aromatic heterocycles. The molecule has 0 saturated carbocycles. The number of anilines is 1. The highest BCUT2D eigenvalue weighted by molar-refractivity contribution is 5.99. The summed E-state index contributed by atoms with van der Waals surface area (Å²) in [6.45, 7) is 3.95. The van der Waals surface area contributed by atoms with E-state index < -0.39 is 6.10 Å². The first-order chi connectivity index (χ1) is 8.15. The van der Waals surface area contributed by atoms with Gasteiger partial charge in [-0.15, -0.1) is 0 Å². The van der Waals surface area contributed by atoms with Crippen LogP contribution < -0.4 is 14.8 Å². The molecule has 1 amide bonds. The van der Waals surface area contributed by atoms with E-state index >= 15 is 0 Å². The molecule has 0 radical (unpaired) electrons. The van der Waals surface area contributed by atoms with Crippen molar-refractivity contribution in [3.63, 3.8) is 0 Å². The minimum atomic E-state index is -0.566. The standard InChI is InChI=1S/C12H13NO4/c1-3-16-10-5-8(6-14)4-9-11(10)17-7(2)12(15)13-9/h4-7H,3H2,1-2H3,(H,13,15). The molecule has 5 nitrogen and oxygen atoms in total. The second-order valence-electron chi connectivity index (χ2n) is 3.70. The Bertz CT molecular complexity index is 470. The summed E-state index contributed by atoms with van der Waals surface area (Å²) in [6.07, 6.45) is 0.135. The lowest BCUT2D eigenvalue weighted by atomic mass is 10.1. The lowest BCUT2D eigenvalue weighted by molar-refractivity contribution is -0.122. The van der Waals surface area contributed by atoms with Crippen molar-refractivity contribution in [2.75, 3.05) is 11.9 Å². The van der Waals surface area contributed by atoms with Crippen molar-refractivity contribution in [1.82, 2.24) is 0 Å². The first-order valence-corrected chi connectivity index (χ1v) is 5.39. The lowest BCUT2D eigenvalue weighted by Gasteiger charge is -2.25. The number of carbonyl (C=O) groups excluding carboxylic acids is 2. The van der Waals surface area contributed by atoms with Crippen LogP contribution in [0.3, 0.4) is 0 Å². The van der Waals surface area contributed by atoms with Gasteiger partial charge in [-0.2, -0.15) is 0 Å². The van der Waals surface area contributed by atoms with Gasteiger partial charge in [0, 0.05) is 5.56 Å². The molecule has 1 heterocycles. The van der Waals surface area contributed by atoms with E-state index in [-0.39, 0.29) is 5.91 Å². The van der Waals surface area contributed by atoms with Gasteiger partial charge in [0.15, 0.2) is 17.6 Å². The summed E-state index contributed by atoms with van der Waals surface area (Å²) < 4.78 is 10.9. The minimum absolute atomic E-state index is 0.233. The minimum Gasteiger partial charge on any atom is -0.490 e. The second-order valence-corrected chi connectivity index (χ2v) is 3.70. The van der Waals surface area contributed by atoms with Crippen LogP contribution in [0.4, 0.5) is 5.69 Å². The Hall–Kier alpha value is -2.04. The maximum absolute atomic E-state index is 11.5. The first-order valence-electron chi connectivity index (χ1n) is 5.39. The molecule has 0 spiro atoms. The van der Waals surface area contributed by atoms with Crippen LogP contribution in [0, 0.1) is 0 Å². The zero-order valence-corrected chi connectivity index (χ0v) is 9.65. The molecule has 0 fully saturated rings. The Morgan fingerprint density at radius 2 is 2.29 bits per heavy atom. The van der Waals surface area contributed by atoms with Crippen LogP contribution in [0.15, 0.2) is 12.1 Å². The predicted molar refractivity (Wildman–Crippen MR) is 61.7 cm³/mol. The molecule has 5 heteroatoms. The van der Waals surface area contributed by atoms with E-state index in [9.17, 15) is 9.59 Å². The quantitative estimate of drug-likeness (QED) is 0.808. The number of ether oxygens (including phenoxy) is 2. The van der Waals surface area contributed by atoms with Crippen molar-refractivity contribution in [2.45, 2.75) is 20.0 Å². The molecule has 2 rings (SSSR count). The summed E-state index contributed by atoms with van der Waals surface area (Å²) >= 11 is 0. The Kier molecular flexibility index (Phi) is 2.99. The Morgan fingerprint density at radius 1 is 1.53 bits per heavy atom. The highest BCUT2D eigenvalue weighted by atomic mass is 16.5. The van der Waals surface area contributed by atoms with Gasteiger partial charge in [-0.25, -0.2) is 0 Å². The van der Waals surface area contributed by atoms with Gasteiger partial charge in [0.2, 0.25) is 0 Å². The maximum atomic E-state index is 11.5. The van der Waals surface area contributed by atoms with Gasteiger partial charge < -0.3 is 14.8 Å². The molecule has 1 aromatic rings. The number of rotatable bonds is 3. The topological polar surface area (TPSA) is 64.6 Å². The molecule has 1 N–H and O–H groups in total. The zero-order valence-electron chi connectivity index (χ0n) is 9.65. The van der Waals surface area contributed by atoms with E-state index in [0.29, 0.717) is 35.6 Å². The summed E-state index contributed by atoms with van der Waals surface area (Å²) in [6, 6.07) is 3.16. The SMILES string of the molecule is CCOc1cc(C=O)cc2c1OC(C)C(=O)N2. The molecule has 0 bridgehead atoms. The van der Waals surface area contributed by atoms with E-state index in [1.807, 2.05) is 6.92 Å². The van der Waals surface area contributed by atoms with Crippen molar-refractivity contribution >= 4 is 17.9 Å². The Balaban J connectivity index is 2.49. The Labute approximate surface area is 98.7 Å². The van der Waals surface area contributed by atoms with E-state index in [2.05, 4.69) is 5.32 Å². The predicted octanol–water partition coefficient (Wildman–Crippen LogP) is 1.62. The number of carbonyl (C=O) groups is 2. The first kappa shape index (κ1) is 11.4. The third-order valence-electron chi connectivity index (χ3n) is 2.43. The van der Waals surface area contributed by atoms with Gasteiger partial charge in [0.1, 0.15) is 6.29 Å². The highest BCUT2D eigenvalue weighted by Gasteiger charge is 2.27. The smallest absolute Gasteiger partial charge is 0.265 e. The largest absolute Gasteiger partial charge is 0.490 e. The third kappa shape index (κ3) is 2.08. The molecule has 1 aromatic carbocycles. The molecule has 1 aliphatic rings. The van der Waals surface area contributed by atoms with Gasteiger partial charge in [-0.3, -0.25) is 9.59 Å². The number of hydrogen-bond acceptors (Lipinski definition) is 4. The molecule has 0 saturated heterocycles. The van der Waals surface area contributed by atoms with Gasteiger partial charge in [-0.1, -0.05) is 0 Å². The maximum Gasteiger partial charge on any atom is 0.265 e. The number of fused-ring (bicyclic) bond motifs is 1. The Morgan fingerprint density at radius 3 is 2.94 bits per heavy atom. The van der Waals surface area contributed by atoms with Crippen LogP contribution in [-0.2, 0) is 4.79 Å². The van der Waals surface area contributed by atoms with Crippen molar-refractivity contribution in [1.29, 1.82) is 0 Å². The normalized spacial score (nSPS) is 17.8. The van der Waals surface area contributed by atoms with Crippen LogP contribution in [0.1, 0.15) is 24.2 Å². The zero-order chi connectivity index (χ0) is 12.4. The van der Waals surface area contributed by atoms with Gasteiger partial charge in [0.05, 0.1) is 12.3 Å². The monoisotopic (exact) mass is 235 g/mol. The average Bonchev–Trinajstić information content (AvgIpc) is 2.31. The fraction of sp³-hybridized carbons (Fsp3) is 0.333. The molecule has 0 aliphatic carbocycles. The van der Waals surface area contributed by atoms with Crippen LogP contribution in [0.2, 0.25) is 0 Å². The molecule has 1 aliphatic heterocycles. The average molecular weight is 235 g/mol. The summed E-state index contributed by atoms with van der Waals surface area (Å²) in [5.41, 5.74) is 0.909. The van der Waals surface area contributed by atoms with Crippen molar-refractivity contribution in [3.05, 3.63) is 17.7 Å². The van der Waals surface area contributed by atoms with E-state index in [4.69, 9.17) is 9.47 Å². The third-order valence-corrected chi connectivity index (χ3v) is 2.43. The summed E-state index contributed by atoms with van der Waals surface area (Å²) in [7, 11) is 0. The van der Waals surface area contributed by atoms with Crippen molar-refractivity contribution < 1.29 is 19.1 Å². The van der Waals surface area contributed by atoms with Gasteiger partial charge >= 0.3 is 0 Å². The molecular formula is C12H13NO4. The lowest BCUT2D eigenvalue weighted by Crippen LogP contribution is -2.34. The van der Waals surface area contributed by atoms with Crippen molar-refractivity contribution in [2.24, 2.45) is 0 Å². The van der Waals surface area contributed by atoms with Crippen LogP contribution in [0.5, 0.6) is 11.5 Å². The number of aldehydes is 1. The number of benzene rings is 1. The number of amides is 1. The molecule has 90 valence electrons. The summed E-state index contributed by atoms with van der Waals surface area (Å²) in [4.78, 5) is 22.2. The number of hydrogen-bond donors (Lipinski definition) is 1. The second kappa shape index (κ2) is 4.45. The van der Waals surface area contributed by atoms with E-state index in [0.717, 1.165) is 0 Å². The fourth-order valence-corrected chi connectivity index (χ4v) is 1.63. The van der Waals surface area contributed by atoms with Crippen LogP contribution in [0.25, 0.3) is 0 Å². The fourth-order valence-electron chi connectivity index (χ4n) is 1.63. The van der Waals surface area contributed by atoms with E-state index in [1.54, 1.807) is 19.1 Å². The number of nitrogens with one attached hydrogen (secondary N) is 1. The van der Waals surface area contributed by atoms with Crippen molar-refractivity contribution in [3.8, 4) is 11.5 Å². The molecule has 17 heavy (non-hydrogen) atoms. The molecule has 1 atom stereocenters. The summed E-state index contributed by atoms with van der Waals surface area (Å²) in [5, 5.41) is 2.68. The summed E-state index contributed by atoms with van der Waals surface area (Å²) in [5.74, 6) is 0.714. The van der Waals surface area contributed by atoms with Crippen LogP contribution >= 0.6 is 0 Å².